The number of methoxy groups -OCH3 is 1. The van der Waals surface area contributed by atoms with E-state index in [1.807, 2.05) is 31.2 Å². The molecule has 0 radical (unpaired) electrons. The van der Waals surface area contributed by atoms with Crippen LogP contribution in [-0.4, -0.2) is 30.5 Å². The molecule has 0 aromatic heterocycles. The molecule has 186 valence electrons. The number of nitrogens with zero attached hydrogens (tertiary/aromatic N) is 1. The Labute approximate surface area is 211 Å². The van der Waals surface area contributed by atoms with Crippen LogP contribution in [-0.2, 0) is 9.59 Å². The molecule has 6 heteroatoms. The molecule has 0 spiro atoms. The molecule has 1 heterocycles. The van der Waals surface area contributed by atoms with E-state index in [0.29, 0.717) is 34.9 Å². The first-order chi connectivity index (χ1) is 17.5. The van der Waals surface area contributed by atoms with Gasteiger partial charge < -0.3 is 14.6 Å². The molecule has 0 aliphatic carbocycles. The van der Waals surface area contributed by atoms with Crippen LogP contribution in [0.1, 0.15) is 48.9 Å². The maximum Gasteiger partial charge on any atom is 0.300 e. The van der Waals surface area contributed by atoms with Gasteiger partial charge in [-0.05, 0) is 55.8 Å². The van der Waals surface area contributed by atoms with E-state index < -0.39 is 17.7 Å². The van der Waals surface area contributed by atoms with Crippen LogP contribution >= 0.6 is 0 Å². The number of Topliss-reactive ketones (excluding diaryl/α,β-unsaturated/α-hetero) is 1. The topological polar surface area (TPSA) is 76.1 Å². The van der Waals surface area contributed by atoms with Crippen LogP contribution in [0.2, 0.25) is 0 Å². The highest BCUT2D eigenvalue weighted by Crippen LogP contribution is 2.44. The fourth-order valence-electron chi connectivity index (χ4n) is 4.40. The Morgan fingerprint density at radius 1 is 0.944 bits per heavy atom. The number of aryl methyl sites for hydroxylation is 1. The van der Waals surface area contributed by atoms with Crippen molar-refractivity contribution in [3.05, 3.63) is 95.1 Å². The van der Waals surface area contributed by atoms with Gasteiger partial charge in [-0.2, -0.15) is 0 Å². The highest BCUT2D eigenvalue weighted by Gasteiger charge is 2.47. The van der Waals surface area contributed by atoms with Gasteiger partial charge in [0.15, 0.2) is 0 Å². The zero-order valence-corrected chi connectivity index (χ0v) is 20.9. The number of unbranched alkanes of at least 4 members (excludes halogenated alkanes) is 2. The largest absolute Gasteiger partial charge is 0.507 e. The smallest absolute Gasteiger partial charge is 0.300 e. The van der Waals surface area contributed by atoms with E-state index in [1.165, 1.54) is 12.0 Å². The Morgan fingerprint density at radius 3 is 2.31 bits per heavy atom. The van der Waals surface area contributed by atoms with Crippen LogP contribution in [0.25, 0.3) is 5.76 Å². The van der Waals surface area contributed by atoms with Gasteiger partial charge in [0.25, 0.3) is 11.7 Å². The number of amides is 1. The number of ether oxygens (including phenoxy) is 2. The predicted molar refractivity (Wildman–Crippen MR) is 140 cm³/mol. The fraction of sp³-hybridized carbons (Fsp3) is 0.267. The average Bonchev–Trinajstić information content (AvgIpc) is 3.17. The molecular formula is C30H31NO5. The molecule has 1 saturated heterocycles. The summed E-state index contributed by atoms with van der Waals surface area (Å²) in [6, 6.07) is 20.6. The van der Waals surface area contributed by atoms with E-state index in [-0.39, 0.29) is 11.3 Å². The summed E-state index contributed by atoms with van der Waals surface area (Å²) in [5.74, 6) is -0.486. The van der Waals surface area contributed by atoms with Crippen LogP contribution < -0.4 is 14.4 Å². The summed E-state index contributed by atoms with van der Waals surface area (Å²) in [5, 5.41) is 11.3. The van der Waals surface area contributed by atoms with E-state index in [1.54, 1.807) is 48.5 Å². The first-order valence-electron chi connectivity index (χ1n) is 12.2. The van der Waals surface area contributed by atoms with Crippen molar-refractivity contribution >= 4 is 23.1 Å². The second kappa shape index (κ2) is 11.1. The van der Waals surface area contributed by atoms with E-state index in [2.05, 4.69) is 6.92 Å². The van der Waals surface area contributed by atoms with Crippen molar-refractivity contribution in [2.45, 2.75) is 39.2 Å². The number of aliphatic hydroxyl groups is 1. The van der Waals surface area contributed by atoms with Gasteiger partial charge in [-0.25, -0.2) is 0 Å². The summed E-state index contributed by atoms with van der Waals surface area (Å²) in [4.78, 5) is 28.1. The van der Waals surface area contributed by atoms with E-state index in [0.717, 1.165) is 24.8 Å². The summed E-state index contributed by atoms with van der Waals surface area (Å²) in [7, 11) is 1.54. The molecule has 4 rings (SSSR count). The monoisotopic (exact) mass is 485 g/mol. The molecular weight excluding hydrogens is 454 g/mol. The van der Waals surface area contributed by atoms with Crippen molar-refractivity contribution in [1.82, 2.24) is 0 Å². The maximum absolute atomic E-state index is 13.3. The summed E-state index contributed by atoms with van der Waals surface area (Å²) >= 11 is 0. The number of benzene rings is 3. The van der Waals surface area contributed by atoms with Gasteiger partial charge >= 0.3 is 0 Å². The van der Waals surface area contributed by atoms with Crippen molar-refractivity contribution in [3.63, 3.8) is 0 Å². The molecule has 3 aromatic rings. The van der Waals surface area contributed by atoms with Gasteiger partial charge in [0, 0.05) is 16.8 Å². The molecule has 1 aliphatic heterocycles. The standard InChI is InChI=1S/C30H31NO5/c1-4-5-8-19-36-23-17-13-21(14-18-23)28(32)26-27(24-9-6-7-10-25(24)35-3)31(30(34)29(26)33)22-15-11-20(2)12-16-22/h6-7,9-18,27,32H,4-5,8,19H2,1-3H3/b28-26-. The molecule has 1 unspecified atom stereocenters. The molecule has 1 aliphatic rings. The molecule has 0 saturated carbocycles. The number of hydrogen-bond acceptors (Lipinski definition) is 5. The van der Waals surface area contributed by atoms with Crippen molar-refractivity contribution in [2.75, 3.05) is 18.6 Å². The zero-order valence-electron chi connectivity index (χ0n) is 20.9. The minimum atomic E-state index is -0.853. The van der Waals surface area contributed by atoms with Crippen molar-refractivity contribution < 1.29 is 24.2 Å². The van der Waals surface area contributed by atoms with Gasteiger partial charge in [0.05, 0.1) is 25.3 Å². The van der Waals surface area contributed by atoms with Crippen LogP contribution in [0.3, 0.4) is 0 Å². The van der Waals surface area contributed by atoms with Gasteiger partial charge in [-0.15, -0.1) is 0 Å². The quantitative estimate of drug-likeness (QED) is 0.169. The van der Waals surface area contributed by atoms with Crippen LogP contribution in [0.15, 0.2) is 78.4 Å². The summed E-state index contributed by atoms with van der Waals surface area (Å²) < 4.78 is 11.3. The molecule has 36 heavy (non-hydrogen) atoms. The minimum absolute atomic E-state index is 0.0155. The predicted octanol–water partition coefficient (Wildman–Crippen LogP) is 6.20. The lowest BCUT2D eigenvalue weighted by atomic mass is 9.94. The summed E-state index contributed by atoms with van der Waals surface area (Å²) in [5.41, 5.74) is 2.64. The Hall–Kier alpha value is -4.06. The first-order valence-corrected chi connectivity index (χ1v) is 12.2. The second-order valence-corrected chi connectivity index (χ2v) is 8.83. The third-order valence-electron chi connectivity index (χ3n) is 6.33. The van der Waals surface area contributed by atoms with E-state index >= 15 is 0 Å². The number of aliphatic hydroxyl groups excluding tert-OH is 1. The van der Waals surface area contributed by atoms with E-state index in [9.17, 15) is 14.7 Å². The number of hydrogen-bond donors (Lipinski definition) is 1. The number of carbonyl (C=O) groups excluding carboxylic acids is 2. The zero-order chi connectivity index (χ0) is 25.7. The summed E-state index contributed by atoms with van der Waals surface area (Å²) in [6.45, 7) is 4.71. The molecule has 0 bridgehead atoms. The highest BCUT2D eigenvalue weighted by molar-refractivity contribution is 6.51. The van der Waals surface area contributed by atoms with Gasteiger partial charge in [0.2, 0.25) is 0 Å². The molecule has 1 atom stereocenters. The Balaban J connectivity index is 1.79. The third kappa shape index (κ3) is 4.98. The molecule has 3 aromatic carbocycles. The Bertz CT molecular complexity index is 1260. The molecule has 1 fully saturated rings. The lowest BCUT2D eigenvalue weighted by Gasteiger charge is -2.26. The number of para-hydroxylation sites is 1. The number of anilines is 1. The second-order valence-electron chi connectivity index (χ2n) is 8.83. The van der Waals surface area contributed by atoms with Gasteiger partial charge in [-0.3, -0.25) is 14.5 Å². The molecule has 1 amide bonds. The average molecular weight is 486 g/mol. The molecule has 1 N–H and O–H groups in total. The molecule has 6 nitrogen and oxygen atoms in total. The lowest BCUT2D eigenvalue weighted by Crippen LogP contribution is -2.29. The first kappa shape index (κ1) is 25.0. The van der Waals surface area contributed by atoms with Crippen molar-refractivity contribution in [3.8, 4) is 11.5 Å². The minimum Gasteiger partial charge on any atom is -0.507 e. The highest BCUT2D eigenvalue weighted by atomic mass is 16.5. The SMILES string of the molecule is CCCCCOc1ccc(/C(O)=C2/C(=O)C(=O)N(c3ccc(C)cc3)C2c2ccccc2OC)cc1. The lowest BCUT2D eigenvalue weighted by molar-refractivity contribution is -0.132. The van der Waals surface area contributed by atoms with Crippen LogP contribution in [0.5, 0.6) is 11.5 Å². The Morgan fingerprint density at radius 2 is 1.64 bits per heavy atom. The number of carbonyl (C=O) groups is 2. The number of rotatable bonds is 9. The third-order valence-corrected chi connectivity index (χ3v) is 6.33. The van der Waals surface area contributed by atoms with E-state index in [4.69, 9.17) is 9.47 Å². The van der Waals surface area contributed by atoms with Crippen molar-refractivity contribution in [2.24, 2.45) is 0 Å². The van der Waals surface area contributed by atoms with Crippen LogP contribution in [0.4, 0.5) is 5.69 Å². The number of ketones is 1. The Kier molecular flexibility index (Phi) is 7.74. The van der Waals surface area contributed by atoms with Crippen LogP contribution in [0, 0.1) is 6.92 Å². The fourth-order valence-corrected chi connectivity index (χ4v) is 4.40. The summed E-state index contributed by atoms with van der Waals surface area (Å²) in [6.07, 6.45) is 3.19. The van der Waals surface area contributed by atoms with Gasteiger partial charge in [0.1, 0.15) is 17.3 Å². The van der Waals surface area contributed by atoms with Crippen molar-refractivity contribution in [1.29, 1.82) is 0 Å². The van der Waals surface area contributed by atoms with Gasteiger partial charge in [-0.1, -0.05) is 55.7 Å². The normalized spacial score (nSPS) is 16.9. The maximum atomic E-state index is 13.3.